The number of hydrogen-bond donors (Lipinski definition) is 1. The summed E-state index contributed by atoms with van der Waals surface area (Å²) in [6, 6.07) is 3.82. The quantitative estimate of drug-likeness (QED) is 0.701. The van der Waals surface area contributed by atoms with Gasteiger partial charge in [-0.3, -0.25) is 4.98 Å². The van der Waals surface area contributed by atoms with E-state index in [0.29, 0.717) is 0 Å². The zero-order valence-electron chi connectivity index (χ0n) is 6.93. The van der Waals surface area contributed by atoms with E-state index >= 15 is 0 Å². The van der Waals surface area contributed by atoms with Crippen LogP contribution in [0.2, 0.25) is 0 Å². The van der Waals surface area contributed by atoms with E-state index in [9.17, 15) is 4.55 Å². The number of nitrogens with zero attached hydrogens (tertiary/aromatic N) is 1. The molecule has 0 radical (unpaired) electrons. The maximum atomic E-state index is 10.8. The fourth-order valence-electron chi connectivity index (χ4n) is 0.933. The molecule has 0 fully saturated rings. The smallest absolute Gasteiger partial charge is 0.136 e. The van der Waals surface area contributed by atoms with Crippen molar-refractivity contribution in [1.82, 2.24) is 4.98 Å². The van der Waals surface area contributed by atoms with Crippen molar-refractivity contribution in [3.05, 3.63) is 30.1 Å². The molecule has 0 aliphatic carbocycles. The zero-order chi connectivity index (χ0) is 8.97. The molecule has 0 spiro atoms. The highest BCUT2D eigenvalue weighted by Crippen LogP contribution is 2.05. The summed E-state index contributed by atoms with van der Waals surface area (Å²) in [4.78, 5) is 3.96. The van der Waals surface area contributed by atoms with Crippen LogP contribution in [0.5, 0.6) is 0 Å². The molecule has 0 bridgehead atoms. The van der Waals surface area contributed by atoms with Gasteiger partial charge in [-0.2, -0.15) is 5.14 Å². The molecule has 1 aromatic heterocycles. The average Bonchev–Trinajstić information content (AvgIpc) is 2.06. The van der Waals surface area contributed by atoms with Crippen molar-refractivity contribution >= 4 is 11.4 Å². The van der Waals surface area contributed by atoms with Crippen LogP contribution in [-0.2, 0) is 17.8 Å². The molecule has 12 heavy (non-hydrogen) atoms. The van der Waals surface area contributed by atoms with Crippen LogP contribution in [0.4, 0.5) is 0 Å². The predicted octanol–water partition coefficient (Wildman–Crippen LogP) is 0.635. The Labute approximate surface area is 75.3 Å². The van der Waals surface area contributed by atoms with Crippen molar-refractivity contribution < 1.29 is 4.55 Å². The molecule has 0 saturated heterocycles. The van der Waals surface area contributed by atoms with E-state index in [-0.39, 0.29) is 5.25 Å². The fraction of sp³-hybridized carbons (Fsp3) is 0.375. The van der Waals surface area contributed by atoms with Gasteiger partial charge in [0.25, 0.3) is 0 Å². The van der Waals surface area contributed by atoms with Crippen LogP contribution < -0.4 is 5.14 Å². The first kappa shape index (κ1) is 9.51. The van der Waals surface area contributed by atoms with Gasteiger partial charge in [0.1, 0.15) is 5.25 Å². The second kappa shape index (κ2) is 4.45. The number of aromatic nitrogens is 1. The molecule has 66 valence electrons. The van der Waals surface area contributed by atoms with E-state index < -0.39 is 11.4 Å². The molecule has 0 saturated carbocycles. The molecule has 4 heteroatoms. The maximum Gasteiger partial charge on any atom is 0.136 e. The maximum absolute atomic E-state index is 10.8. The summed E-state index contributed by atoms with van der Waals surface area (Å²) in [5, 5.41) is 5.23. The summed E-state index contributed by atoms with van der Waals surface area (Å²) >= 11 is -1.24. The summed E-state index contributed by atoms with van der Waals surface area (Å²) in [5.74, 6) is 0. The first-order valence-corrected chi connectivity index (χ1v) is 5.01. The molecule has 2 atom stereocenters. The van der Waals surface area contributed by atoms with Gasteiger partial charge in [0.05, 0.1) is 0 Å². The summed E-state index contributed by atoms with van der Waals surface area (Å²) in [5.41, 5.74) is 1.07. The second-order valence-corrected chi connectivity index (χ2v) is 4.17. The highest BCUT2D eigenvalue weighted by Gasteiger charge is 2.13. The summed E-state index contributed by atoms with van der Waals surface area (Å²) in [7, 11) is 0. The predicted molar refractivity (Wildman–Crippen MR) is 49.7 cm³/mol. The van der Waals surface area contributed by atoms with E-state index in [2.05, 4.69) is 4.98 Å². The molecule has 0 aromatic carbocycles. The van der Waals surface area contributed by atoms with Gasteiger partial charge in [-0.1, -0.05) is 6.07 Å². The molecular weight excluding hydrogens is 172 g/mol. The van der Waals surface area contributed by atoms with Crippen molar-refractivity contribution in [2.75, 3.05) is 0 Å². The number of nitrogens with two attached hydrogens (primary N) is 1. The molecule has 2 unspecified atom stereocenters. The van der Waals surface area contributed by atoms with E-state index in [4.69, 9.17) is 5.14 Å². The van der Waals surface area contributed by atoms with E-state index in [1.807, 2.05) is 19.1 Å². The number of hydrogen-bond acceptors (Lipinski definition) is 3. The van der Waals surface area contributed by atoms with E-state index in [1.54, 1.807) is 12.4 Å². The van der Waals surface area contributed by atoms with Crippen molar-refractivity contribution in [2.45, 2.75) is 18.6 Å². The average molecular weight is 184 g/mol. The van der Waals surface area contributed by atoms with Crippen LogP contribution in [-0.4, -0.2) is 14.8 Å². The van der Waals surface area contributed by atoms with Gasteiger partial charge in [-0.15, -0.1) is 0 Å². The molecule has 3 nitrogen and oxygen atoms in total. The van der Waals surface area contributed by atoms with Gasteiger partial charge in [-0.25, -0.2) is 0 Å². The minimum Gasteiger partial charge on any atom is -0.598 e. The van der Waals surface area contributed by atoms with E-state index in [1.165, 1.54) is 0 Å². The standard InChI is InChI=1S/C8H12N2OS/c1-7(12(9)11)5-8-3-2-4-10-6-8/h2-4,6-7H,5,9H2,1H3. The molecule has 1 aromatic rings. The summed E-state index contributed by atoms with van der Waals surface area (Å²) in [6.45, 7) is 1.86. The Morgan fingerprint density at radius 3 is 3.00 bits per heavy atom. The van der Waals surface area contributed by atoms with Crippen molar-refractivity contribution in [3.8, 4) is 0 Å². The Balaban J connectivity index is 2.53. The third-order valence-corrected chi connectivity index (χ3v) is 2.60. The van der Waals surface area contributed by atoms with Crippen LogP contribution in [0.1, 0.15) is 12.5 Å². The lowest BCUT2D eigenvalue weighted by Crippen LogP contribution is -2.27. The normalized spacial score (nSPS) is 15.6. The Morgan fingerprint density at radius 2 is 2.50 bits per heavy atom. The first-order valence-electron chi connectivity index (χ1n) is 3.74. The lowest BCUT2D eigenvalue weighted by molar-refractivity contribution is 0.583. The Bertz CT molecular complexity index is 228. The summed E-state index contributed by atoms with van der Waals surface area (Å²) in [6.07, 6.45) is 4.20. The Hall–Kier alpha value is -0.580. The minimum atomic E-state index is -1.24. The molecule has 0 aliphatic rings. The van der Waals surface area contributed by atoms with Crippen molar-refractivity contribution in [3.63, 3.8) is 0 Å². The van der Waals surface area contributed by atoms with Gasteiger partial charge < -0.3 is 4.55 Å². The zero-order valence-corrected chi connectivity index (χ0v) is 7.75. The van der Waals surface area contributed by atoms with Gasteiger partial charge in [-0.05, 0) is 18.6 Å². The van der Waals surface area contributed by atoms with Gasteiger partial charge in [0, 0.05) is 30.2 Å². The van der Waals surface area contributed by atoms with Crippen molar-refractivity contribution in [2.24, 2.45) is 5.14 Å². The molecule has 0 amide bonds. The monoisotopic (exact) mass is 184 g/mol. The van der Waals surface area contributed by atoms with Crippen LogP contribution in [0.15, 0.2) is 24.5 Å². The van der Waals surface area contributed by atoms with Crippen LogP contribution in [0.25, 0.3) is 0 Å². The van der Waals surface area contributed by atoms with E-state index in [0.717, 1.165) is 12.0 Å². The minimum absolute atomic E-state index is 0.00537. The topological polar surface area (TPSA) is 62.0 Å². The van der Waals surface area contributed by atoms with Gasteiger partial charge >= 0.3 is 0 Å². The molecular formula is C8H12N2OS. The highest BCUT2D eigenvalue weighted by molar-refractivity contribution is 7.89. The number of rotatable bonds is 3. The third kappa shape index (κ3) is 2.81. The molecule has 2 N–H and O–H groups in total. The first-order chi connectivity index (χ1) is 5.70. The Kier molecular flexibility index (Phi) is 3.52. The number of pyridine rings is 1. The largest absolute Gasteiger partial charge is 0.598 e. The lowest BCUT2D eigenvalue weighted by Gasteiger charge is -2.11. The molecule has 1 rings (SSSR count). The SMILES string of the molecule is CC(Cc1cccnc1)[S+](N)[O-]. The van der Waals surface area contributed by atoms with Gasteiger partial charge in [0.2, 0.25) is 0 Å². The molecule has 1 heterocycles. The fourth-order valence-corrected chi connectivity index (χ4v) is 1.29. The van der Waals surface area contributed by atoms with Gasteiger partial charge in [0.15, 0.2) is 0 Å². The summed E-state index contributed by atoms with van der Waals surface area (Å²) < 4.78 is 10.8. The van der Waals surface area contributed by atoms with Crippen LogP contribution in [0.3, 0.4) is 0 Å². The van der Waals surface area contributed by atoms with Crippen LogP contribution in [0, 0.1) is 0 Å². The second-order valence-electron chi connectivity index (χ2n) is 2.70. The molecule has 0 aliphatic heterocycles. The third-order valence-electron chi connectivity index (χ3n) is 1.64. The Morgan fingerprint density at radius 1 is 1.75 bits per heavy atom. The van der Waals surface area contributed by atoms with Crippen LogP contribution >= 0.6 is 0 Å². The van der Waals surface area contributed by atoms with Crippen molar-refractivity contribution in [1.29, 1.82) is 0 Å². The highest BCUT2D eigenvalue weighted by atomic mass is 32.2. The lowest BCUT2D eigenvalue weighted by atomic mass is 10.2.